The second-order valence-corrected chi connectivity index (χ2v) is 5.73. The number of ether oxygens (including phenoxy) is 1. The molecule has 0 amide bonds. The monoisotopic (exact) mass is 278 g/mol. The Morgan fingerprint density at radius 2 is 1.95 bits per heavy atom. The Morgan fingerprint density at radius 1 is 1.20 bits per heavy atom. The number of fused-ring (bicyclic) bond motifs is 1. The first-order chi connectivity index (χ1) is 9.49. The average Bonchev–Trinajstić information content (AvgIpc) is 2.93. The van der Waals surface area contributed by atoms with Crippen LogP contribution in [0.1, 0.15) is 32.6 Å². The molecule has 4 heteroatoms. The molecule has 5 unspecified atom stereocenters. The van der Waals surface area contributed by atoms with Crippen molar-refractivity contribution in [3.63, 3.8) is 0 Å². The molecule has 0 bridgehead atoms. The summed E-state index contributed by atoms with van der Waals surface area (Å²) >= 11 is 0. The van der Waals surface area contributed by atoms with Gasteiger partial charge in [0.15, 0.2) is 11.4 Å². The van der Waals surface area contributed by atoms with E-state index in [1.165, 1.54) is 6.07 Å². The lowest BCUT2D eigenvalue weighted by Gasteiger charge is -2.22. The predicted molar refractivity (Wildman–Crippen MR) is 73.8 cm³/mol. The van der Waals surface area contributed by atoms with Crippen LogP contribution in [0.3, 0.4) is 0 Å². The van der Waals surface area contributed by atoms with Gasteiger partial charge in [-0.3, -0.25) is 0 Å². The second kappa shape index (κ2) is 4.86. The minimum atomic E-state index is -0.781. The van der Waals surface area contributed by atoms with Crippen molar-refractivity contribution >= 4 is 11.0 Å². The van der Waals surface area contributed by atoms with E-state index in [-0.39, 0.29) is 29.6 Å². The number of hydrogen-bond acceptors (Lipinski definition) is 3. The number of furan rings is 1. The van der Waals surface area contributed by atoms with Crippen molar-refractivity contribution in [2.45, 2.75) is 39.1 Å². The van der Waals surface area contributed by atoms with Crippen LogP contribution in [0.15, 0.2) is 28.7 Å². The summed E-state index contributed by atoms with van der Waals surface area (Å²) < 4.78 is 24.9. The fraction of sp³-hybridized carbons (Fsp3) is 0.500. The molecule has 1 aromatic heterocycles. The largest absolute Gasteiger partial charge is 0.455 e. The Labute approximate surface area is 117 Å². The van der Waals surface area contributed by atoms with Crippen LogP contribution in [0.25, 0.3) is 11.0 Å². The lowest BCUT2D eigenvalue weighted by molar-refractivity contribution is 0.0161. The summed E-state index contributed by atoms with van der Waals surface area (Å²) in [5.41, 5.74) is 0.203. The lowest BCUT2D eigenvalue weighted by Crippen LogP contribution is -2.24. The molecule has 1 saturated heterocycles. The zero-order valence-electron chi connectivity index (χ0n) is 11.8. The highest BCUT2D eigenvalue weighted by Gasteiger charge is 2.42. The van der Waals surface area contributed by atoms with Crippen molar-refractivity contribution in [1.29, 1.82) is 0 Å². The molecule has 3 nitrogen and oxygen atoms in total. The summed E-state index contributed by atoms with van der Waals surface area (Å²) in [5.74, 6) is 0.177. The van der Waals surface area contributed by atoms with Gasteiger partial charge >= 0.3 is 0 Å². The van der Waals surface area contributed by atoms with Crippen LogP contribution in [-0.4, -0.2) is 17.3 Å². The summed E-state index contributed by atoms with van der Waals surface area (Å²) in [6.45, 7) is 6.02. The van der Waals surface area contributed by atoms with Crippen LogP contribution >= 0.6 is 0 Å². The number of halogens is 1. The van der Waals surface area contributed by atoms with Gasteiger partial charge in [-0.2, -0.15) is 0 Å². The molecule has 2 aromatic rings. The zero-order chi connectivity index (χ0) is 14.4. The summed E-state index contributed by atoms with van der Waals surface area (Å²) in [4.78, 5) is 0. The molecule has 0 saturated carbocycles. The smallest absolute Gasteiger partial charge is 0.170 e. The van der Waals surface area contributed by atoms with Crippen molar-refractivity contribution in [3.8, 4) is 0 Å². The van der Waals surface area contributed by atoms with Gasteiger partial charge in [0.05, 0.1) is 12.2 Å². The van der Waals surface area contributed by atoms with Crippen LogP contribution in [0.5, 0.6) is 0 Å². The number of hydrogen-bond donors (Lipinski definition) is 1. The fourth-order valence-corrected chi connectivity index (χ4v) is 3.22. The third-order valence-electron chi connectivity index (χ3n) is 4.49. The molecular weight excluding hydrogens is 259 g/mol. The van der Waals surface area contributed by atoms with Crippen LogP contribution in [0, 0.1) is 17.7 Å². The Balaban J connectivity index is 1.96. The highest BCUT2D eigenvalue weighted by Crippen LogP contribution is 2.41. The lowest BCUT2D eigenvalue weighted by atomic mass is 9.84. The molecule has 1 N–H and O–H groups in total. The summed E-state index contributed by atoms with van der Waals surface area (Å²) in [6.07, 6.45) is -0.726. The Kier molecular flexibility index (Phi) is 3.30. The van der Waals surface area contributed by atoms with Gasteiger partial charge in [0.1, 0.15) is 11.9 Å². The molecule has 0 radical (unpaired) electrons. The van der Waals surface area contributed by atoms with Crippen LogP contribution in [0.4, 0.5) is 4.39 Å². The summed E-state index contributed by atoms with van der Waals surface area (Å²) in [5, 5.41) is 11.2. The van der Waals surface area contributed by atoms with Crippen molar-refractivity contribution in [3.05, 3.63) is 35.8 Å². The standard InChI is InChI=1S/C16H19FO3/c1-8-9(2)19-10(3)14(8)15(18)13-7-11-5-4-6-12(17)16(11)20-13/h4-10,14-15,18H,1-3H3. The minimum Gasteiger partial charge on any atom is -0.455 e. The van der Waals surface area contributed by atoms with Crippen molar-refractivity contribution in [2.75, 3.05) is 0 Å². The Hall–Kier alpha value is -1.39. The minimum absolute atomic E-state index is 0.0476. The first kappa shape index (κ1) is 13.6. The Bertz CT molecular complexity index is 621. The van der Waals surface area contributed by atoms with E-state index in [2.05, 4.69) is 6.92 Å². The average molecular weight is 278 g/mol. The maximum atomic E-state index is 13.7. The number of benzene rings is 1. The third kappa shape index (κ3) is 2.03. The van der Waals surface area contributed by atoms with E-state index in [0.717, 1.165) is 0 Å². The summed E-state index contributed by atoms with van der Waals surface area (Å²) in [6, 6.07) is 6.48. The van der Waals surface area contributed by atoms with Crippen LogP contribution in [-0.2, 0) is 4.74 Å². The van der Waals surface area contributed by atoms with E-state index >= 15 is 0 Å². The molecule has 0 spiro atoms. The number of aliphatic hydroxyl groups is 1. The molecular formula is C16H19FO3. The van der Waals surface area contributed by atoms with Gasteiger partial charge in [0.2, 0.25) is 0 Å². The van der Waals surface area contributed by atoms with E-state index < -0.39 is 11.9 Å². The molecule has 1 aliphatic rings. The van der Waals surface area contributed by atoms with Gasteiger partial charge < -0.3 is 14.3 Å². The third-order valence-corrected chi connectivity index (χ3v) is 4.49. The van der Waals surface area contributed by atoms with Gasteiger partial charge in [0.25, 0.3) is 0 Å². The highest BCUT2D eigenvalue weighted by atomic mass is 19.1. The van der Waals surface area contributed by atoms with Gasteiger partial charge in [-0.15, -0.1) is 0 Å². The SMILES string of the molecule is CC1OC(C)C(C(O)c2cc3cccc(F)c3o2)C1C. The molecule has 3 rings (SSSR count). The summed E-state index contributed by atoms with van der Waals surface area (Å²) in [7, 11) is 0. The molecule has 2 heterocycles. The van der Waals surface area contributed by atoms with Crippen molar-refractivity contribution in [2.24, 2.45) is 11.8 Å². The quantitative estimate of drug-likeness (QED) is 0.911. The van der Waals surface area contributed by atoms with E-state index in [9.17, 15) is 9.50 Å². The molecule has 1 fully saturated rings. The first-order valence-corrected chi connectivity index (χ1v) is 7.00. The van der Waals surface area contributed by atoms with Crippen molar-refractivity contribution < 1.29 is 18.7 Å². The zero-order valence-corrected chi connectivity index (χ0v) is 11.8. The van der Waals surface area contributed by atoms with E-state index in [1.807, 2.05) is 13.8 Å². The van der Waals surface area contributed by atoms with E-state index in [4.69, 9.17) is 9.15 Å². The van der Waals surface area contributed by atoms with E-state index in [0.29, 0.717) is 11.1 Å². The molecule has 1 aliphatic heterocycles. The van der Waals surface area contributed by atoms with Gasteiger partial charge in [0, 0.05) is 11.3 Å². The normalized spacial score (nSPS) is 31.9. The molecule has 20 heavy (non-hydrogen) atoms. The Morgan fingerprint density at radius 3 is 2.55 bits per heavy atom. The van der Waals surface area contributed by atoms with Crippen LogP contribution < -0.4 is 0 Å². The molecule has 5 atom stereocenters. The maximum absolute atomic E-state index is 13.7. The maximum Gasteiger partial charge on any atom is 0.170 e. The number of para-hydroxylation sites is 1. The topological polar surface area (TPSA) is 42.6 Å². The first-order valence-electron chi connectivity index (χ1n) is 7.00. The van der Waals surface area contributed by atoms with E-state index in [1.54, 1.807) is 18.2 Å². The van der Waals surface area contributed by atoms with Gasteiger partial charge in [-0.05, 0) is 31.9 Å². The fourth-order valence-electron chi connectivity index (χ4n) is 3.22. The van der Waals surface area contributed by atoms with Crippen molar-refractivity contribution in [1.82, 2.24) is 0 Å². The predicted octanol–water partition coefficient (Wildman–Crippen LogP) is 3.66. The number of aliphatic hydroxyl groups excluding tert-OH is 1. The van der Waals surface area contributed by atoms with Gasteiger partial charge in [-0.25, -0.2) is 4.39 Å². The molecule has 0 aliphatic carbocycles. The number of rotatable bonds is 2. The van der Waals surface area contributed by atoms with Crippen LogP contribution in [0.2, 0.25) is 0 Å². The second-order valence-electron chi connectivity index (χ2n) is 5.73. The highest BCUT2D eigenvalue weighted by molar-refractivity contribution is 5.78. The molecule has 1 aromatic carbocycles. The van der Waals surface area contributed by atoms with Gasteiger partial charge in [-0.1, -0.05) is 19.1 Å². The molecule has 108 valence electrons.